The van der Waals surface area contributed by atoms with Crippen LogP contribution in [0.3, 0.4) is 0 Å². The normalized spacial score (nSPS) is 18.6. The number of ether oxygens (including phenoxy) is 2. The summed E-state index contributed by atoms with van der Waals surface area (Å²) in [7, 11) is 0. The lowest BCUT2D eigenvalue weighted by Gasteiger charge is -2.30. The molecule has 20 heavy (non-hydrogen) atoms. The summed E-state index contributed by atoms with van der Waals surface area (Å²) in [6, 6.07) is 12.0. The van der Waals surface area contributed by atoms with E-state index in [1.165, 1.54) is 6.07 Å². The first kappa shape index (κ1) is 12.9. The summed E-state index contributed by atoms with van der Waals surface area (Å²) >= 11 is 0. The first-order valence-electron chi connectivity index (χ1n) is 6.55. The van der Waals surface area contributed by atoms with Crippen LogP contribution in [0.1, 0.15) is 17.2 Å². The monoisotopic (exact) mass is 273 g/mol. The van der Waals surface area contributed by atoms with E-state index in [1.54, 1.807) is 13.0 Å². The average molecular weight is 273 g/mol. The maximum absolute atomic E-state index is 13.6. The highest BCUT2D eigenvalue weighted by Gasteiger charge is 2.27. The van der Waals surface area contributed by atoms with Crippen LogP contribution in [0.25, 0.3) is 0 Å². The Morgan fingerprint density at radius 1 is 1.20 bits per heavy atom. The second kappa shape index (κ2) is 5.13. The molecule has 1 aliphatic heterocycles. The Bertz CT molecular complexity index is 630. The molecule has 0 amide bonds. The van der Waals surface area contributed by atoms with Gasteiger partial charge < -0.3 is 15.2 Å². The quantitative estimate of drug-likeness (QED) is 0.915. The molecule has 0 aliphatic carbocycles. The summed E-state index contributed by atoms with van der Waals surface area (Å²) in [5.41, 5.74) is 7.49. The first-order chi connectivity index (χ1) is 9.65. The van der Waals surface area contributed by atoms with Crippen molar-refractivity contribution >= 4 is 0 Å². The predicted molar refractivity (Wildman–Crippen MR) is 74.4 cm³/mol. The van der Waals surface area contributed by atoms with Crippen LogP contribution in [0, 0.1) is 12.7 Å². The molecule has 2 aromatic carbocycles. The van der Waals surface area contributed by atoms with E-state index in [-0.39, 0.29) is 11.9 Å². The number of fused-ring (bicyclic) bond motifs is 1. The van der Waals surface area contributed by atoms with Gasteiger partial charge in [0.25, 0.3) is 0 Å². The molecule has 0 radical (unpaired) electrons. The second-order valence-corrected chi connectivity index (χ2v) is 4.95. The molecule has 0 aromatic heterocycles. The molecule has 1 aliphatic rings. The van der Waals surface area contributed by atoms with Gasteiger partial charge in [-0.15, -0.1) is 0 Å². The predicted octanol–water partition coefficient (Wildman–Crippen LogP) is 2.97. The fraction of sp³-hybridized carbons (Fsp3) is 0.250. The smallest absolute Gasteiger partial charge is 0.161 e. The van der Waals surface area contributed by atoms with E-state index in [2.05, 4.69) is 0 Å². The largest absolute Gasteiger partial charge is 0.486 e. The zero-order chi connectivity index (χ0) is 14.1. The Kier molecular flexibility index (Phi) is 3.32. The van der Waals surface area contributed by atoms with Crippen LogP contribution in [0.4, 0.5) is 4.39 Å². The van der Waals surface area contributed by atoms with Gasteiger partial charge in [-0.2, -0.15) is 0 Å². The Morgan fingerprint density at radius 3 is 2.70 bits per heavy atom. The molecule has 0 bridgehead atoms. The number of benzene rings is 2. The molecular weight excluding hydrogens is 257 g/mol. The van der Waals surface area contributed by atoms with E-state index in [0.717, 1.165) is 0 Å². The molecule has 2 unspecified atom stereocenters. The summed E-state index contributed by atoms with van der Waals surface area (Å²) in [6.45, 7) is 2.08. The molecule has 1 heterocycles. The van der Waals surface area contributed by atoms with E-state index in [0.29, 0.717) is 29.2 Å². The van der Waals surface area contributed by atoms with Gasteiger partial charge in [-0.25, -0.2) is 4.39 Å². The van der Waals surface area contributed by atoms with Crippen molar-refractivity contribution in [2.45, 2.75) is 19.1 Å². The molecule has 3 nitrogen and oxygen atoms in total. The fourth-order valence-corrected chi connectivity index (χ4v) is 2.24. The zero-order valence-electron chi connectivity index (χ0n) is 11.2. The molecule has 3 rings (SSSR count). The summed E-state index contributed by atoms with van der Waals surface area (Å²) in [5, 5.41) is 0. The Morgan fingerprint density at radius 2 is 1.95 bits per heavy atom. The maximum Gasteiger partial charge on any atom is 0.161 e. The SMILES string of the molecule is Cc1ccc(C(N)C2COc3ccccc3O2)cc1F. The van der Waals surface area contributed by atoms with Crippen LogP contribution in [0.15, 0.2) is 42.5 Å². The van der Waals surface area contributed by atoms with Gasteiger partial charge in [0.1, 0.15) is 12.4 Å². The minimum absolute atomic E-state index is 0.255. The Hall–Kier alpha value is -2.07. The van der Waals surface area contributed by atoms with Crippen molar-refractivity contribution in [3.05, 3.63) is 59.4 Å². The highest BCUT2D eigenvalue weighted by molar-refractivity contribution is 5.41. The fourth-order valence-electron chi connectivity index (χ4n) is 2.24. The van der Waals surface area contributed by atoms with E-state index in [9.17, 15) is 4.39 Å². The molecular formula is C16H16FNO2. The third-order valence-electron chi connectivity index (χ3n) is 3.51. The highest BCUT2D eigenvalue weighted by atomic mass is 19.1. The van der Waals surface area contributed by atoms with Crippen molar-refractivity contribution in [1.82, 2.24) is 0 Å². The highest BCUT2D eigenvalue weighted by Crippen LogP contribution is 2.33. The van der Waals surface area contributed by atoms with Crippen molar-refractivity contribution < 1.29 is 13.9 Å². The second-order valence-electron chi connectivity index (χ2n) is 4.95. The molecule has 0 saturated heterocycles. The van der Waals surface area contributed by atoms with Crippen LogP contribution >= 0.6 is 0 Å². The van der Waals surface area contributed by atoms with E-state index < -0.39 is 6.04 Å². The summed E-state index contributed by atoms with van der Waals surface area (Å²) < 4.78 is 25.1. The lowest BCUT2D eigenvalue weighted by atomic mass is 10.0. The minimum atomic E-state index is -0.432. The van der Waals surface area contributed by atoms with Gasteiger partial charge in [-0.05, 0) is 36.2 Å². The van der Waals surface area contributed by atoms with Crippen molar-refractivity contribution in [3.63, 3.8) is 0 Å². The van der Waals surface area contributed by atoms with E-state index in [4.69, 9.17) is 15.2 Å². The molecule has 2 atom stereocenters. The van der Waals surface area contributed by atoms with Gasteiger partial charge in [0.15, 0.2) is 17.6 Å². The zero-order valence-corrected chi connectivity index (χ0v) is 11.2. The maximum atomic E-state index is 13.6. The molecule has 2 aromatic rings. The van der Waals surface area contributed by atoms with Crippen LogP contribution in [0.5, 0.6) is 11.5 Å². The molecule has 0 saturated carbocycles. The first-order valence-corrected chi connectivity index (χ1v) is 6.55. The van der Waals surface area contributed by atoms with Gasteiger partial charge in [0.2, 0.25) is 0 Å². The molecule has 104 valence electrons. The number of hydrogen-bond acceptors (Lipinski definition) is 3. The minimum Gasteiger partial charge on any atom is -0.486 e. The summed E-state index contributed by atoms with van der Waals surface area (Å²) in [5.74, 6) is 1.13. The van der Waals surface area contributed by atoms with Gasteiger partial charge >= 0.3 is 0 Å². The molecule has 0 spiro atoms. The van der Waals surface area contributed by atoms with Crippen LogP contribution < -0.4 is 15.2 Å². The van der Waals surface area contributed by atoms with Gasteiger partial charge in [-0.3, -0.25) is 0 Å². The van der Waals surface area contributed by atoms with Crippen LogP contribution in [-0.2, 0) is 0 Å². The van der Waals surface area contributed by atoms with E-state index >= 15 is 0 Å². The lowest BCUT2D eigenvalue weighted by Crippen LogP contribution is -2.39. The molecule has 2 N–H and O–H groups in total. The number of para-hydroxylation sites is 2. The van der Waals surface area contributed by atoms with Gasteiger partial charge in [-0.1, -0.05) is 24.3 Å². The molecule has 0 fully saturated rings. The van der Waals surface area contributed by atoms with Crippen molar-refractivity contribution in [3.8, 4) is 11.5 Å². The summed E-state index contributed by atoms with van der Waals surface area (Å²) in [6.07, 6.45) is -0.327. The number of nitrogens with two attached hydrogens (primary N) is 1. The van der Waals surface area contributed by atoms with Crippen molar-refractivity contribution in [2.24, 2.45) is 5.73 Å². The van der Waals surface area contributed by atoms with Crippen molar-refractivity contribution in [1.29, 1.82) is 0 Å². The Balaban J connectivity index is 1.82. The Labute approximate surface area is 117 Å². The van der Waals surface area contributed by atoms with E-state index in [1.807, 2.05) is 30.3 Å². The van der Waals surface area contributed by atoms with Gasteiger partial charge in [0, 0.05) is 0 Å². The number of hydrogen-bond donors (Lipinski definition) is 1. The average Bonchev–Trinajstić information content (AvgIpc) is 2.49. The van der Waals surface area contributed by atoms with Crippen LogP contribution in [0.2, 0.25) is 0 Å². The number of halogens is 1. The standard InChI is InChI=1S/C16H16FNO2/c1-10-6-7-11(8-12(10)17)16(18)15-9-19-13-4-2-3-5-14(13)20-15/h2-8,15-16H,9,18H2,1H3. The topological polar surface area (TPSA) is 44.5 Å². The van der Waals surface area contributed by atoms with Crippen molar-refractivity contribution in [2.75, 3.05) is 6.61 Å². The van der Waals surface area contributed by atoms with Gasteiger partial charge in [0.05, 0.1) is 6.04 Å². The third-order valence-corrected chi connectivity index (χ3v) is 3.51. The lowest BCUT2D eigenvalue weighted by molar-refractivity contribution is 0.0720. The molecule has 4 heteroatoms. The number of rotatable bonds is 2. The summed E-state index contributed by atoms with van der Waals surface area (Å²) in [4.78, 5) is 0. The third kappa shape index (κ3) is 2.34. The number of aryl methyl sites for hydroxylation is 1. The van der Waals surface area contributed by atoms with Crippen LogP contribution in [-0.4, -0.2) is 12.7 Å².